The Hall–Kier alpha value is -1.39. The van der Waals surface area contributed by atoms with E-state index < -0.39 is 32.8 Å². The number of halogens is 1. The summed E-state index contributed by atoms with van der Waals surface area (Å²) in [4.78, 5) is 12.0. The van der Waals surface area contributed by atoms with Crippen LogP contribution in [0.2, 0.25) is 0 Å². The standard InChI is InChI=1S/C15H17BrN2O3S/c16-12-5-3-4-11(8-12)14(9-17)18-15(19)10-22(20,21)13-6-1-2-7-13/h3-5,8,13-14H,1-2,6-7,10H2,(H,18,19)/t14-/m1/s1. The van der Waals surface area contributed by atoms with E-state index in [1.165, 1.54) is 0 Å². The third kappa shape index (κ3) is 4.31. The Morgan fingerprint density at radius 3 is 2.68 bits per heavy atom. The number of carbonyl (C=O) groups is 1. The molecule has 1 atom stereocenters. The number of carbonyl (C=O) groups excluding carboxylic acids is 1. The van der Waals surface area contributed by atoms with E-state index in [0.717, 1.165) is 17.3 Å². The molecule has 0 heterocycles. The molecule has 1 aliphatic carbocycles. The van der Waals surface area contributed by atoms with Crippen LogP contribution in [0, 0.1) is 11.3 Å². The molecule has 0 saturated heterocycles. The number of amides is 1. The molecule has 1 fully saturated rings. The monoisotopic (exact) mass is 384 g/mol. The lowest BCUT2D eigenvalue weighted by Gasteiger charge is -2.14. The van der Waals surface area contributed by atoms with Crippen LogP contribution >= 0.6 is 15.9 Å². The van der Waals surface area contributed by atoms with Gasteiger partial charge in [0.15, 0.2) is 9.84 Å². The summed E-state index contributed by atoms with van der Waals surface area (Å²) in [6.07, 6.45) is 3.04. The van der Waals surface area contributed by atoms with Gasteiger partial charge in [-0.1, -0.05) is 40.9 Å². The Morgan fingerprint density at radius 1 is 1.41 bits per heavy atom. The summed E-state index contributed by atoms with van der Waals surface area (Å²) in [5, 5.41) is 11.3. The maximum Gasteiger partial charge on any atom is 0.236 e. The van der Waals surface area contributed by atoms with E-state index in [9.17, 15) is 18.5 Å². The number of benzene rings is 1. The maximum absolute atomic E-state index is 12.2. The summed E-state index contributed by atoms with van der Waals surface area (Å²) in [7, 11) is -3.43. The second-order valence-corrected chi connectivity index (χ2v) is 8.60. The summed E-state index contributed by atoms with van der Waals surface area (Å²) in [6.45, 7) is 0. The minimum atomic E-state index is -3.43. The smallest absolute Gasteiger partial charge is 0.236 e. The van der Waals surface area contributed by atoms with Crippen molar-refractivity contribution in [3.63, 3.8) is 0 Å². The minimum absolute atomic E-state index is 0.412. The maximum atomic E-state index is 12.2. The van der Waals surface area contributed by atoms with Gasteiger partial charge in [0, 0.05) is 4.47 Å². The number of rotatable bonds is 5. The Balaban J connectivity index is 2.02. The van der Waals surface area contributed by atoms with E-state index in [2.05, 4.69) is 21.2 Å². The van der Waals surface area contributed by atoms with E-state index in [0.29, 0.717) is 18.4 Å². The van der Waals surface area contributed by atoms with Gasteiger partial charge in [-0.15, -0.1) is 0 Å². The highest BCUT2D eigenvalue weighted by Gasteiger charge is 2.31. The first-order valence-electron chi connectivity index (χ1n) is 7.08. The van der Waals surface area contributed by atoms with Crippen LogP contribution in [-0.4, -0.2) is 25.3 Å². The fourth-order valence-electron chi connectivity index (χ4n) is 2.63. The highest BCUT2D eigenvalue weighted by Crippen LogP contribution is 2.25. The lowest BCUT2D eigenvalue weighted by molar-refractivity contribution is -0.119. The van der Waals surface area contributed by atoms with Crippen molar-refractivity contribution >= 4 is 31.7 Å². The van der Waals surface area contributed by atoms with E-state index in [1.807, 2.05) is 12.1 Å². The molecule has 1 N–H and O–H groups in total. The number of nitrogens with zero attached hydrogens (tertiary/aromatic N) is 1. The molecule has 0 unspecified atom stereocenters. The predicted molar refractivity (Wildman–Crippen MR) is 86.7 cm³/mol. The van der Waals surface area contributed by atoms with Crippen LogP contribution in [0.25, 0.3) is 0 Å². The molecule has 7 heteroatoms. The van der Waals surface area contributed by atoms with Crippen LogP contribution in [0.1, 0.15) is 37.3 Å². The van der Waals surface area contributed by atoms with E-state index >= 15 is 0 Å². The summed E-state index contributed by atoms with van der Waals surface area (Å²) in [6, 6.07) is 8.13. The molecular formula is C15H17BrN2O3S. The number of nitrogens with one attached hydrogen (secondary N) is 1. The molecule has 0 aromatic heterocycles. The fraction of sp³-hybridized carbons (Fsp3) is 0.467. The van der Waals surface area contributed by atoms with Crippen molar-refractivity contribution in [2.75, 3.05) is 5.75 Å². The Morgan fingerprint density at radius 2 is 2.09 bits per heavy atom. The van der Waals surface area contributed by atoms with Gasteiger partial charge in [0.25, 0.3) is 0 Å². The third-order valence-corrected chi connectivity index (χ3v) is 6.40. The predicted octanol–water partition coefficient (Wildman–Crippen LogP) is 2.49. The first-order chi connectivity index (χ1) is 10.4. The van der Waals surface area contributed by atoms with Crippen LogP contribution in [0.5, 0.6) is 0 Å². The average Bonchev–Trinajstić information content (AvgIpc) is 2.99. The third-order valence-electron chi connectivity index (χ3n) is 3.76. The molecule has 1 aliphatic rings. The van der Waals surface area contributed by atoms with Crippen LogP contribution in [0.4, 0.5) is 0 Å². The zero-order valence-electron chi connectivity index (χ0n) is 12.0. The second-order valence-electron chi connectivity index (χ2n) is 5.40. The van der Waals surface area contributed by atoms with Gasteiger partial charge in [-0.05, 0) is 30.5 Å². The molecule has 118 valence electrons. The molecule has 5 nitrogen and oxygen atoms in total. The summed E-state index contributed by atoms with van der Waals surface area (Å²) >= 11 is 3.30. The fourth-order valence-corrected chi connectivity index (χ4v) is 4.78. The van der Waals surface area contributed by atoms with Gasteiger partial charge >= 0.3 is 0 Å². The van der Waals surface area contributed by atoms with E-state index in [4.69, 9.17) is 0 Å². The molecule has 1 aromatic rings. The molecule has 0 bridgehead atoms. The molecular weight excluding hydrogens is 368 g/mol. The first-order valence-corrected chi connectivity index (χ1v) is 9.59. The van der Waals surface area contributed by atoms with Gasteiger partial charge in [-0.2, -0.15) is 5.26 Å². The first kappa shape index (κ1) is 17.0. The van der Waals surface area contributed by atoms with Crippen molar-refractivity contribution in [2.24, 2.45) is 0 Å². The number of hydrogen-bond donors (Lipinski definition) is 1. The van der Waals surface area contributed by atoms with Crippen LogP contribution in [-0.2, 0) is 14.6 Å². The molecule has 22 heavy (non-hydrogen) atoms. The molecule has 0 aliphatic heterocycles. The Labute approximate surface area is 138 Å². The lowest BCUT2D eigenvalue weighted by Crippen LogP contribution is -2.36. The summed E-state index contributed by atoms with van der Waals surface area (Å²) in [5.41, 5.74) is 0.614. The van der Waals surface area contributed by atoms with E-state index in [-0.39, 0.29) is 0 Å². The van der Waals surface area contributed by atoms with Crippen LogP contribution < -0.4 is 5.32 Å². The Kier molecular flexibility index (Phi) is 5.59. The SMILES string of the molecule is N#C[C@@H](NC(=O)CS(=O)(=O)C1CCCC1)c1cccc(Br)c1. The molecule has 1 amide bonds. The van der Waals surface area contributed by atoms with Crippen molar-refractivity contribution in [2.45, 2.75) is 37.0 Å². The van der Waals surface area contributed by atoms with Gasteiger partial charge < -0.3 is 5.32 Å². The molecule has 1 aromatic carbocycles. The van der Waals surface area contributed by atoms with Crippen molar-refractivity contribution in [3.05, 3.63) is 34.3 Å². The lowest BCUT2D eigenvalue weighted by atomic mass is 10.1. The number of sulfone groups is 1. The topological polar surface area (TPSA) is 87.0 Å². The summed E-state index contributed by atoms with van der Waals surface area (Å²) in [5.74, 6) is -1.18. The zero-order chi connectivity index (χ0) is 16.2. The van der Waals surface area contributed by atoms with Gasteiger partial charge in [0.2, 0.25) is 5.91 Å². The van der Waals surface area contributed by atoms with Crippen LogP contribution in [0.15, 0.2) is 28.7 Å². The quantitative estimate of drug-likeness (QED) is 0.844. The zero-order valence-corrected chi connectivity index (χ0v) is 14.4. The number of nitriles is 1. The second kappa shape index (κ2) is 7.25. The molecule has 2 rings (SSSR count). The van der Waals surface area contributed by atoms with Crippen molar-refractivity contribution in [3.8, 4) is 6.07 Å². The highest BCUT2D eigenvalue weighted by molar-refractivity contribution is 9.10. The summed E-state index contributed by atoms with van der Waals surface area (Å²) < 4.78 is 25.1. The average molecular weight is 385 g/mol. The molecule has 0 radical (unpaired) electrons. The highest BCUT2D eigenvalue weighted by atomic mass is 79.9. The minimum Gasteiger partial charge on any atom is -0.336 e. The van der Waals surface area contributed by atoms with Crippen LogP contribution in [0.3, 0.4) is 0 Å². The van der Waals surface area contributed by atoms with Gasteiger partial charge in [0.1, 0.15) is 11.8 Å². The molecule has 0 spiro atoms. The number of hydrogen-bond acceptors (Lipinski definition) is 4. The van der Waals surface area contributed by atoms with Gasteiger partial charge in [-0.25, -0.2) is 8.42 Å². The van der Waals surface area contributed by atoms with Gasteiger partial charge in [0.05, 0.1) is 11.3 Å². The van der Waals surface area contributed by atoms with Crippen molar-refractivity contribution < 1.29 is 13.2 Å². The van der Waals surface area contributed by atoms with E-state index in [1.54, 1.807) is 18.2 Å². The van der Waals surface area contributed by atoms with Gasteiger partial charge in [-0.3, -0.25) is 4.79 Å². The molecule has 1 saturated carbocycles. The Bertz CT molecular complexity index is 691. The largest absolute Gasteiger partial charge is 0.336 e. The normalized spacial score (nSPS) is 16.9. The van der Waals surface area contributed by atoms with Crippen molar-refractivity contribution in [1.29, 1.82) is 5.26 Å². The van der Waals surface area contributed by atoms with Crippen molar-refractivity contribution in [1.82, 2.24) is 5.32 Å².